The summed E-state index contributed by atoms with van der Waals surface area (Å²) >= 11 is 0. The maximum atomic E-state index is 11.8. The smallest absolute Gasteiger partial charge is 0.325 e. The molecule has 1 aromatic carbocycles. The van der Waals surface area contributed by atoms with Crippen molar-refractivity contribution in [2.75, 3.05) is 52.5 Å². The summed E-state index contributed by atoms with van der Waals surface area (Å²) in [6.45, 7) is 6.06. The maximum absolute atomic E-state index is 11.8. The van der Waals surface area contributed by atoms with Gasteiger partial charge < -0.3 is 14.6 Å². The van der Waals surface area contributed by atoms with Crippen molar-refractivity contribution in [2.24, 2.45) is 0 Å². The standard InChI is InChI=1S/C16H22N2O4/c19-16(20)15-13-3-1-2-4-14(13)22-12-9-18(15)6-5-17-7-10-21-11-8-17/h1-4,15H,5-12H2,(H,19,20). The highest BCUT2D eigenvalue weighted by molar-refractivity contribution is 5.76. The van der Waals surface area contributed by atoms with Crippen LogP contribution in [0.3, 0.4) is 0 Å². The van der Waals surface area contributed by atoms with Crippen molar-refractivity contribution in [2.45, 2.75) is 6.04 Å². The molecule has 2 heterocycles. The Labute approximate surface area is 130 Å². The molecule has 2 aliphatic rings. The summed E-state index contributed by atoms with van der Waals surface area (Å²) in [4.78, 5) is 16.1. The van der Waals surface area contributed by atoms with Crippen molar-refractivity contribution < 1.29 is 19.4 Å². The van der Waals surface area contributed by atoms with Crippen LogP contribution in [0.1, 0.15) is 11.6 Å². The zero-order valence-electron chi connectivity index (χ0n) is 12.6. The fourth-order valence-electron chi connectivity index (χ4n) is 3.06. The van der Waals surface area contributed by atoms with Gasteiger partial charge in [0, 0.05) is 38.3 Å². The van der Waals surface area contributed by atoms with E-state index in [-0.39, 0.29) is 0 Å². The second kappa shape index (κ2) is 7.09. The summed E-state index contributed by atoms with van der Waals surface area (Å²) in [6, 6.07) is 6.79. The van der Waals surface area contributed by atoms with E-state index in [1.165, 1.54) is 0 Å². The van der Waals surface area contributed by atoms with Gasteiger partial charge in [-0.25, -0.2) is 0 Å². The number of fused-ring (bicyclic) bond motifs is 1. The lowest BCUT2D eigenvalue weighted by atomic mass is 10.0. The summed E-state index contributed by atoms with van der Waals surface area (Å²) in [5, 5.41) is 9.69. The number of hydrogen-bond donors (Lipinski definition) is 1. The van der Waals surface area contributed by atoms with Gasteiger partial charge in [0.15, 0.2) is 0 Å². The average molecular weight is 306 g/mol. The number of benzene rings is 1. The Balaban J connectivity index is 1.73. The summed E-state index contributed by atoms with van der Waals surface area (Å²) in [5.74, 6) is -0.135. The van der Waals surface area contributed by atoms with Crippen molar-refractivity contribution in [3.63, 3.8) is 0 Å². The van der Waals surface area contributed by atoms with E-state index in [1.807, 2.05) is 29.2 Å². The lowest BCUT2D eigenvalue weighted by molar-refractivity contribution is -0.143. The zero-order chi connectivity index (χ0) is 15.4. The van der Waals surface area contributed by atoms with Crippen LogP contribution in [0.25, 0.3) is 0 Å². The molecule has 2 aliphatic heterocycles. The van der Waals surface area contributed by atoms with Gasteiger partial charge in [0.1, 0.15) is 18.4 Å². The maximum Gasteiger partial charge on any atom is 0.325 e. The number of rotatable bonds is 4. The first-order valence-corrected chi connectivity index (χ1v) is 7.74. The van der Waals surface area contributed by atoms with Crippen molar-refractivity contribution in [1.82, 2.24) is 9.80 Å². The van der Waals surface area contributed by atoms with Crippen LogP contribution in [0.5, 0.6) is 5.75 Å². The molecule has 6 heteroatoms. The molecule has 1 unspecified atom stereocenters. The van der Waals surface area contributed by atoms with E-state index in [0.29, 0.717) is 25.4 Å². The second-order valence-electron chi connectivity index (χ2n) is 5.62. The monoisotopic (exact) mass is 306 g/mol. The molecular weight excluding hydrogens is 284 g/mol. The first kappa shape index (κ1) is 15.3. The first-order valence-electron chi connectivity index (χ1n) is 7.74. The Hall–Kier alpha value is -1.63. The second-order valence-corrected chi connectivity index (χ2v) is 5.62. The molecule has 0 amide bonds. The molecule has 120 valence electrons. The highest BCUT2D eigenvalue weighted by Crippen LogP contribution is 2.31. The Morgan fingerprint density at radius 2 is 1.91 bits per heavy atom. The number of morpholine rings is 1. The molecule has 1 aromatic rings. The van der Waals surface area contributed by atoms with E-state index < -0.39 is 12.0 Å². The van der Waals surface area contributed by atoms with E-state index in [2.05, 4.69) is 4.90 Å². The molecule has 0 spiro atoms. The fourth-order valence-corrected chi connectivity index (χ4v) is 3.06. The molecule has 1 atom stereocenters. The quantitative estimate of drug-likeness (QED) is 0.889. The number of carboxylic acid groups (broad SMARTS) is 1. The number of carboxylic acids is 1. The van der Waals surface area contributed by atoms with Crippen LogP contribution >= 0.6 is 0 Å². The minimum atomic E-state index is -0.820. The predicted molar refractivity (Wildman–Crippen MR) is 81.1 cm³/mol. The van der Waals surface area contributed by atoms with Gasteiger partial charge in [-0.05, 0) is 6.07 Å². The van der Waals surface area contributed by atoms with Gasteiger partial charge in [-0.1, -0.05) is 18.2 Å². The van der Waals surface area contributed by atoms with E-state index in [1.54, 1.807) is 0 Å². The largest absolute Gasteiger partial charge is 0.492 e. The molecule has 0 aromatic heterocycles. The summed E-state index contributed by atoms with van der Waals surface area (Å²) in [6.07, 6.45) is 0. The molecule has 1 fully saturated rings. The highest BCUT2D eigenvalue weighted by atomic mass is 16.5. The minimum absolute atomic E-state index is 0.518. The number of hydrogen-bond acceptors (Lipinski definition) is 5. The lowest BCUT2D eigenvalue weighted by Gasteiger charge is -2.31. The Morgan fingerprint density at radius 1 is 1.14 bits per heavy atom. The molecule has 0 bridgehead atoms. The van der Waals surface area contributed by atoms with Crippen LogP contribution in [0, 0.1) is 0 Å². The molecule has 0 aliphatic carbocycles. The van der Waals surface area contributed by atoms with Crippen LogP contribution in [0.2, 0.25) is 0 Å². The number of ether oxygens (including phenoxy) is 2. The molecule has 6 nitrogen and oxygen atoms in total. The van der Waals surface area contributed by atoms with E-state index in [9.17, 15) is 9.90 Å². The third-order valence-electron chi connectivity index (χ3n) is 4.26. The molecule has 3 rings (SSSR count). The number of aliphatic carboxylic acids is 1. The van der Waals surface area contributed by atoms with Crippen LogP contribution in [0.15, 0.2) is 24.3 Å². The minimum Gasteiger partial charge on any atom is -0.492 e. The average Bonchev–Trinajstić information content (AvgIpc) is 2.73. The molecule has 1 saturated heterocycles. The van der Waals surface area contributed by atoms with E-state index in [0.717, 1.165) is 38.4 Å². The Morgan fingerprint density at radius 3 is 2.68 bits per heavy atom. The predicted octanol–water partition coefficient (Wildman–Crippen LogP) is 0.839. The van der Waals surface area contributed by atoms with Crippen LogP contribution < -0.4 is 4.74 Å². The number of para-hydroxylation sites is 1. The van der Waals surface area contributed by atoms with Crippen LogP contribution in [-0.2, 0) is 9.53 Å². The van der Waals surface area contributed by atoms with Gasteiger partial charge in [0.2, 0.25) is 0 Å². The molecule has 1 N–H and O–H groups in total. The fraction of sp³-hybridized carbons (Fsp3) is 0.562. The van der Waals surface area contributed by atoms with Gasteiger partial charge in [0.25, 0.3) is 0 Å². The van der Waals surface area contributed by atoms with Gasteiger partial charge in [-0.2, -0.15) is 0 Å². The molecular formula is C16H22N2O4. The topological polar surface area (TPSA) is 62.2 Å². The molecule has 0 radical (unpaired) electrons. The van der Waals surface area contributed by atoms with Crippen molar-refractivity contribution in [1.29, 1.82) is 0 Å². The van der Waals surface area contributed by atoms with Gasteiger partial charge in [-0.3, -0.25) is 14.6 Å². The van der Waals surface area contributed by atoms with Crippen LogP contribution in [0.4, 0.5) is 0 Å². The summed E-state index contributed by atoms with van der Waals surface area (Å²) < 4.78 is 11.1. The van der Waals surface area contributed by atoms with E-state index in [4.69, 9.17) is 9.47 Å². The Bertz CT molecular complexity index is 517. The highest BCUT2D eigenvalue weighted by Gasteiger charge is 2.32. The van der Waals surface area contributed by atoms with Gasteiger partial charge in [-0.15, -0.1) is 0 Å². The third-order valence-corrected chi connectivity index (χ3v) is 4.26. The van der Waals surface area contributed by atoms with Crippen molar-refractivity contribution in [3.05, 3.63) is 29.8 Å². The summed E-state index contributed by atoms with van der Waals surface area (Å²) in [5.41, 5.74) is 0.745. The molecule has 0 saturated carbocycles. The first-order chi connectivity index (χ1) is 10.8. The van der Waals surface area contributed by atoms with Gasteiger partial charge in [0.05, 0.1) is 13.2 Å². The third kappa shape index (κ3) is 3.40. The van der Waals surface area contributed by atoms with Gasteiger partial charge >= 0.3 is 5.97 Å². The number of carbonyl (C=O) groups is 1. The lowest BCUT2D eigenvalue weighted by Crippen LogP contribution is -2.44. The van der Waals surface area contributed by atoms with Crippen molar-refractivity contribution in [3.8, 4) is 5.75 Å². The van der Waals surface area contributed by atoms with E-state index >= 15 is 0 Å². The van der Waals surface area contributed by atoms with Crippen LogP contribution in [-0.4, -0.2) is 73.4 Å². The Kier molecular flexibility index (Phi) is 4.92. The summed E-state index contributed by atoms with van der Waals surface area (Å²) in [7, 11) is 0. The SMILES string of the molecule is O=C(O)C1c2ccccc2OCCN1CCN1CCOCC1. The normalized spacial score (nSPS) is 23.4. The number of nitrogens with zero attached hydrogens (tertiary/aromatic N) is 2. The van der Waals surface area contributed by atoms with Crippen molar-refractivity contribution >= 4 is 5.97 Å². The zero-order valence-corrected chi connectivity index (χ0v) is 12.6. The molecule has 22 heavy (non-hydrogen) atoms.